The Bertz CT molecular complexity index is 1340. The number of Topliss-reactive ketones (excluding diaryl/α,β-unsaturated/α-hetero) is 2. The fraction of sp³-hybridized carbons (Fsp3) is 0.320. The van der Waals surface area contributed by atoms with Gasteiger partial charge in [0.2, 0.25) is 11.6 Å². The summed E-state index contributed by atoms with van der Waals surface area (Å²) < 4.78 is 41.2. The lowest BCUT2D eigenvalue weighted by atomic mass is 9.92. The van der Waals surface area contributed by atoms with Gasteiger partial charge in [-0.3, -0.25) is 19.7 Å². The Balaban J connectivity index is 1.75. The van der Waals surface area contributed by atoms with Gasteiger partial charge in [0.25, 0.3) is 10.0 Å². The maximum Gasteiger partial charge on any atom is 0.262 e. The summed E-state index contributed by atoms with van der Waals surface area (Å²) in [6.45, 7) is 1.24. The molecular formula is C25H27FN4O5S. The number of amidine groups is 1. The van der Waals surface area contributed by atoms with E-state index in [9.17, 15) is 27.5 Å². The van der Waals surface area contributed by atoms with E-state index in [1.165, 1.54) is 43.3 Å². The SMILES string of the molecule is CC(O)C(=N)NS(=O)(=O)c1cccc(C(=O)/C(C(=O)c2cccc(F)c2)=C2\N[C@H]3CCCC[C@H]3N2)c1. The third-order valence-corrected chi connectivity index (χ3v) is 7.65. The van der Waals surface area contributed by atoms with Crippen LogP contribution >= 0.6 is 0 Å². The second-order valence-corrected chi connectivity index (χ2v) is 10.6. The molecule has 0 radical (unpaired) electrons. The molecule has 1 unspecified atom stereocenters. The topological polar surface area (TPSA) is 148 Å². The molecule has 0 bridgehead atoms. The third kappa shape index (κ3) is 5.31. The molecule has 2 aromatic carbocycles. The van der Waals surface area contributed by atoms with E-state index in [0.29, 0.717) is 0 Å². The second-order valence-electron chi connectivity index (χ2n) is 8.93. The van der Waals surface area contributed by atoms with Gasteiger partial charge >= 0.3 is 0 Å². The van der Waals surface area contributed by atoms with Crippen molar-refractivity contribution in [1.29, 1.82) is 5.41 Å². The van der Waals surface area contributed by atoms with E-state index >= 15 is 0 Å². The van der Waals surface area contributed by atoms with Gasteiger partial charge in [0, 0.05) is 23.2 Å². The molecule has 9 nitrogen and oxygen atoms in total. The highest BCUT2D eigenvalue weighted by Gasteiger charge is 2.36. The highest BCUT2D eigenvalue weighted by atomic mass is 32.2. The van der Waals surface area contributed by atoms with E-state index in [1.807, 2.05) is 4.72 Å². The largest absolute Gasteiger partial charge is 0.385 e. The highest BCUT2D eigenvalue weighted by molar-refractivity contribution is 7.90. The summed E-state index contributed by atoms with van der Waals surface area (Å²) in [6.07, 6.45) is 2.42. The number of halogens is 1. The number of nitrogens with one attached hydrogen (secondary N) is 4. The van der Waals surface area contributed by atoms with Crippen molar-refractivity contribution in [3.63, 3.8) is 0 Å². The zero-order valence-corrected chi connectivity index (χ0v) is 20.4. The lowest BCUT2D eigenvalue weighted by Crippen LogP contribution is -2.36. The highest BCUT2D eigenvalue weighted by Crippen LogP contribution is 2.27. The average molecular weight is 515 g/mol. The molecule has 3 atom stereocenters. The summed E-state index contributed by atoms with van der Waals surface area (Å²) in [4.78, 5) is 26.9. The van der Waals surface area contributed by atoms with Crippen molar-refractivity contribution in [1.82, 2.24) is 15.4 Å². The summed E-state index contributed by atoms with van der Waals surface area (Å²) in [6, 6.07) is 10.2. The number of rotatable bonds is 7. The van der Waals surface area contributed by atoms with Gasteiger partial charge in [-0.25, -0.2) is 12.8 Å². The standard InChI is InChI=1S/C25H27FN4O5S/c1-14(31)24(27)30-36(34,35)18-9-5-7-16(13-18)23(33)21(22(32)15-6-4-8-17(26)12-15)25-28-19-10-2-3-11-20(19)29-25/h4-9,12-14,19-20,28-29,31H,2-3,10-11H2,1H3,(H2,27,30)/b25-21-/t14?,19-,20+/m1/s1. The fourth-order valence-corrected chi connectivity index (χ4v) is 5.49. The molecule has 0 spiro atoms. The Morgan fingerprint density at radius 1 is 1.03 bits per heavy atom. The monoisotopic (exact) mass is 514 g/mol. The van der Waals surface area contributed by atoms with E-state index < -0.39 is 39.3 Å². The van der Waals surface area contributed by atoms with Crippen molar-refractivity contribution in [3.8, 4) is 0 Å². The van der Waals surface area contributed by atoms with Gasteiger partial charge < -0.3 is 15.7 Å². The van der Waals surface area contributed by atoms with Crippen molar-refractivity contribution in [2.75, 3.05) is 0 Å². The van der Waals surface area contributed by atoms with Crippen molar-refractivity contribution in [2.24, 2.45) is 0 Å². The molecule has 1 aliphatic carbocycles. The normalized spacial score (nSPS) is 21.4. The van der Waals surface area contributed by atoms with E-state index in [-0.39, 0.29) is 39.5 Å². The molecule has 2 aliphatic rings. The van der Waals surface area contributed by atoms with Crippen LogP contribution in [0.15, 0.2) is 64.8 Å². The maximum atomic E-state index is 13.9. The van der Waals surface area contributed by atoms with Crippen LogP contribution in [-0.2, 0) is 10.0 Å². The summed E-state index contributed by atoms with van der Waals surface area (Å²) in [5.41, 5.74) is -0.332. The number of allylic oxidation sites excluding steroid dienone is 1. The number of carbonyl (C=O) groups is 2. The first-order chi connectivity index (χ1) is 17.1. The van der Waals surface area contributed by atoms with Gasteiger partial charge in [-0.2, -0.15) is 0 Å². The number of sulfonamides is 1. The van der Waals surface area contributed by atoms with Crippen molar-refractivity contribution in [2.45, 2.75) is 55.7 Å². The minimum atomic E-state index is -4.27. The Morgan fingerprint density at radius 3 is 2.14 bits per heavy atom. The van der Waals surface area contributed by atoms with Gasteiger partial charge in [-0.05, 0) is 44.0 Å². The molecule has 1 saturated heterocycles. The minimum absolute atomic E-state index is 0.0138. The van der Waals surface area contributed by atoms with Crippen LogP contribution in [0.2, 0.25) is 0 Å². The first kappa shape index (κ1) is 25.5. The molecule has 11 heteroatoms. The zero-order valence-electron chi connectivity index (χ0n) is 19.5. The van der Waals surface area contributed by atoms with Crippen LogP contribution in [-0.4, -0.2) is 49.1 Å². The number of aliphatic hydroxyl groups excluding tert-OH is 1. The molecule has 1 aliphatic heterocycles. The van der Waals surface area contributed by atoms with Crippen LogP contribution in [0.25, 0.3) is 0 Å². The van der Waals surface area contributed by atoms with Crippen LogP contribution in [0.1, 0.15) is 53.3 Å². The van der Waals surface area contributed by atoms with Gasteiger partial charge in [0.1, 0.15) is 29.2 Å². The minimum Gasteiger partial charge on any atom is -0.385 e. The second kappa shape index (κ2) is 10.2. The lowest BCUT2D eigenvalue weighted by Gasteiger charge is -2.23. The molecule has 0 amide bonds. The number of hydrogen-bond acceptors (Lipinski definition) is 8. The number of ketones is 2. The molecular weight excluding hydrogens is 487 g/mol. The van der Waals surface area contributed by atoms with Crippen LogP contribution in [0, 0.1) is 11.2 Å². The summed E-state index contributed by atoms with van der Waals surface area (Å²) in [5, 5.41) is 23.5. The summed E-state index contributed by atoms with van der Waals surface area (Å²) >= 11 is 0. The Morgan fingerprint density at radius 2 is 1.58 bits per heavy atom. The Labute approximate surface area is 208 Å². The van der Waals surface area contributed by atoms with Crippen LogP contribution in [0.4, 0.5) is 4.39 Å². The first-order valence-corrected chi connectivity index (χ1v) is 13.1. The number of hydrogen-bond donors (Lipinski definition) is 5. The molecule has 2 aromatic rings. The first-order valence-electron chi connectivity index (χ1n) is 11.6. The number of carbonyl (C=O) groups excluding carboxylic acids is 2. The third-order valence-electron chi connectivity index (χ3n) is 6.28. The average Bonchev–Trinajstić information content (AvgIpc) is 3.27. The van der Waals surface area contributed by atoms with Gasteiger partial charge in [-0.15, -0.1) is 0 Å². The van der Waals surface area contributed by atoms with E-state index in [2.05, 4.69) is 10.6 Å². The summed E-state index contributed by atoms with van der Waals surface area (Å²) in [7, 11) is -4.27. The molecule has 5 N–H and O–H groups in total. The molecule has 1 heterocycles. The van der Waals surface area contributed by atoms with Gasteiger partial charge in [0.15, 0.2) is 0 Å². The smallest absolute Gasteiger partial charge is 0.262 e. The van der Waals surface area contributed by atoms with E-state index in [4.69, 9.17) is 5.41 Å². The van der Waals surface area contributed by atoms with Gasteiger partial charge in [-0.1, -0.05) is 37.1 Å². The summed E-state index contributed by atoms with van der Waals surface area (Å²) in [5.74, 6) is -2.44. The predicted molar refractivity (Wildman–Crippen MR) is 131 cm³/mol. The molecule has 0 aromatic heterocycles. The Hall–Kier alpha value is -3.57. The van der Waals surface area contributed by atoms with Crippen LogP contribution in [0.3, 0.4) is 0 Å². The van der Waals surface area contributed by atoms with Crippen LogP contribution < -0.4 is 15.4 Å². The molecule has 36 heavy (non-hydrogen) atoms. The molecule has 4 rings (SSSR count). The molecule has 1 saturated carbocycles. The molecule has 2 fully saturated rings. The number of benzene rings is 2. The zero-order chi connectivity index (χ0) is 26.0. The quantitative estimate of drug-likeness (QED) is 0.0950. The fourth-order valence-electron chi connectivity index (χ4n) is 4.38. The number of fused-ring (bicyclic) bond motifs is 1. The van der Waals surface area contributed by atoms with E-state index in [0.717, 1.165) is 37.8 Å². The Kier molecular flexibility index (Phi) is 7.23. The number of aliphatic hydroxyl groups is 1. The maximum absolute atomic E-state index is 13.9. The lowest BCUT2D eigenvalue weighted by molar-refractivity contribution is 0.0959. The van der Waals surface area contributed by atoms with Crippen molar-refractivity contribution >= 4 is 27.4 Å². The van der Waals surface area contributed by atoms with E-state index in [1.54, 1.807) is 0 Å². The van der Waals surface area contributed by atoms with Crippen LogP contribution in [0.5, 0.6) is 0 Å². The predicted octanol–water partition coefficient (Wildman–Crippen LogP) is 2.24. The molecule has 190 valence electrons. The van der Waals surface area contributed by atoms with Gasteiger partial charge in [0.05, 0.1) is 4.90 Å². The van der Waals surface area contributed by atoms with Crippen molar-refractivity contribution in [3.05, 3.63) is 76.9 Å². The van der Waals surface area contributed by atoms with Crippen molar-refractivity contribution < 1.29 is 27.5 Å².